The largest absolute Gasteiger partial charge is 0.573 e. The van der Waals surface area contributed by atoms with Gasteiger partial charge in [0.2, 0.25) is 0 Å². The van der Waals surface area contributed by atoms with E-state index in [-0.39, 0.29) is 24.2 Å². The van der Waals surface area contributed by atoms with Gasteiger partial charge in [0, 0.05) is 30.4 Å². The number of halogens is 3. The minimum Gasteiger partial charge on any atom is -0.465 e. The lowest BCUT2D eigenvalue weighted by molar-refractivity contribution is -0.274. The first-order valence-electron chi connectivity index (χ1n) is 11.1. The highest BCUT2D eigenvalue weighted by molar-refractivity contribution is 5.96. The van der Waals surface area contributed by atoms with Gasteiger partial charge in [-0.25, -0.2) is 9.31 Å². The van der Waals surface area contributed by atoms with E-state index in [4.69, 9.17) is 5.11 Å². The molecule has 0 saturated heterocycles. The number of nitrogens with zero attached hydrogens (tertiary/aromatic N) is 4. The van der Waals surface area contributed by atoms with Gasteiger partial charge in [-0.2, -0.15) is 4.98 Å². The number of ether oxygens (including phenoxy) is 1. The third-order valence-electron chi connectivity index (χ3n) is 5.60. The molecule has 2 amide bonds. The Bertz CT molecular complexity index is 1500. The standard InChI is InChI=1S/C24H19F3N6O4/c25-24(26,27)37-17-3-1-2-13(8-17)11-29-21(34)18-9-16(12-28-20(18)14-4-5-14)15-6-7-33-19(10-15)30-22(32-33)31-23(35)36/h1-3,6-10,12,14H,4-5,11H2,(H,29,34)(H,31,32)(H,35,36). The quantitative estimate of drug-likeness (QED) is 0.330. The molecule has 37 heavy (non-hydrogen) atoms. The van der Waals surface area contributed by atoms with E-state index in [0.29, 0.717) is 33.6 Å². The number of hydrogen-bond donors (Lipinski definition) is 3. The normalized spacial score (nSPS) is 13.4. The average molecular weight is 512 g/mol. The van der Waals surface area contributed by atoms with Crippen molar-refractivity contribution in [3.05, 3.63) is 71.7 Å². The second kappa shape index (κ2) is 9.41. The summed E-state index contributed by atoms with van der Waals surface area (Å²) < 4.78 is 42.9. The van der Waals surface area contributed by atoms with E-state index in [1.165, 1.54) is 22.7 Å². The van der Waals surface area contributed by atoms with E-state index < -0.39 is 18.4 Å². The van der Waals surface area contributed by atoms with Crippen LogP contribution >= 0.6 is 0 Å². The lowest BCUT2D eigenvalue weighted by atomic mass is 10.0. The number of alkyl halides is 3. The molecule has 13 heteroatoms. The van der Waals surface area contributed by atoms with Crippen molar-refractivity contribution in [3.63, 3.8) is 0 Å². The maximum absolute atomic E-state index is 13.1. The first-order chi connectivity index (χ1) is 17.6. The molecule has 0 aliphatic heterocycles. The van der Waals surface area contributed by atoms with E-state index in [0.717, 1.165) is 12.8 Å². The summed E-state index contributed by atoms with van der Waals surface area (Å²) in [6.07, 6.45) is -1.01. The lowest BCUT2D eigenvalue weighted by Gasteiger charge is -2.13. The second-order valence-electron chi connectivity index (χ2n) is 8.39. The molecule has 3 N–H and O–H groups in total. The number of fused-ring (bicyclic) bond motifs is 1. The maximum atomic E-state index is 13.1. The van der Waals surface area contributed by atoms with Gasteiger partial charge in [-0.1, -0.05) is 12.1 Å². The average Bonchev–Trinajstić information content (AvgIpc) is 3.60. The summed E-state index contributed by atoms with van der Waals surface area (Å²) >= 11 is 0. The lowest BCUT2D eigenvalue weighted by Crippen LogP contribution is -2.24. The van der Waals surface area contributed by atoms with Crippen LogP contribution in [0.2, 0.25) is 0 Å². The number of anilines is 1. The summed E-state index contributed by atoms with van der Waals surface area (Å²) in [5, 5.41) is 17.7. The molecule has 190 valence electrons. The van der Waals surface area contributed by atoms with Crippen LogP contribution in [-0.4, -0.2) is 43.1 Å². The minimum absolute atomic E-state index is 0.00666. The molecule has 0 bridgehead atoms. The van der Waals surface area contributed by atoms with Crippen LogP contribution in [0.1, 0.15) is 40.4 Å². The van der Waals surface area contributed by atoms with Crippen LogP contribution in [0, 0.1) is 0 Å². The molecule has 5 rings (SSSR count). The maximum Gasteiger partial charge on any atom is 0.573 e. The number of nitrogens with one attached hydrogen (secondary N) is 2. The molecular formula is C24H19F3N6O4. The van der Waals surface area contributed by atoms with E-state index in [1.807, 2.05) is 0 Å². The molecule has 3 aromatic heterocycles. The first-order valence-corrected chi connectivity index (χ1v) is 11.1. The monoisotopic (exact) mass is 512 g/mol. The number of carbonyl (C=O) groups is 2. The van der Waals surface area contributed by atoms with Crippen LogP contribution in [-0.2, 0) is 6.54 Å². The highest BCUT2D eigenvalue weighted by atomic mass is 19.4. The molecule has 1 aromatic carbocycles. The molecular weight excluding hydrogens is 493 g/mol. The zero-order chi connectivity index (χ0) is 26.2. The fourth-order valence-corrected chi connectivity index (χ4v) is 3.84. The van der Waals surface area contributed by atoms with Crippen LogP contribution in [0.25, 0.3) is 16.8 Å². The van der Waals surface area contributed by atoms with Crippen molar-refractivity contribution >= 4 is 23.6 Å². The van der Waals surface area contributed by atoms with E-state index in [1.54, 1.807) is 36.7 Å². The molecule has 1 aliphatic rings. The van der Waals surface area contributed by atoms with Gasteiger partial charge >= 0.3 is 12.5 Å². The first kappa shape index (κ1) is 24.0. The Kier molecular flexibility index (Phi) is 6.11. The van der Waals surface area contributed by atoms with Crippen molar-refractivity contribution in [2.75, 3.05) is 5.32 Å². The fraction of sp³-hybridized carbons (Fsp3) is 0.208. The third-order valence-corrected chi connectivity index (χ3v) is 5.60. The fourth-order valence-electron chi connectivity index (χ4n) is 3.84. The van der Waals surface area contributed by atoms with Crippen LogP contribution in [0.3, 0.4) is 0 Å². The van der Waals surface area contributed by atoms with Gasteiger partial charge in [0.25, 0.3) is 11.9 Å². The van der Waals surface area contributed by atoms with Crippen molar-refractivity contribution in [3.8, 4) is 16.9 Å². The van der Waals surface area contributed by atoms with Gasteiger partial charge in [-0.3, -0.25) is 15.1 Å². The van der Waals surface area contributed by atoms with Crippen molar-refractivity contribution in [1.29, 1.82) is 0 Å². The molecule has 1 saturated carbocycles. The highest BCUT2D eigenvalue weighted by Gasteiger charge is 2.31. The van der Waals surface area contributed by atoms with E-state index in [9.17, 15) is 22.8 Å². The summed E-state index contributed by atoms with van der Waals surface area (Å²) in [5.41, 5.74) is 3.18. The zero-order valence-electron chi connectivity index (χ0n) is 19.0. The number of hydrogen-bond acceptors (Lipinski definition) is 6. The molecule has 10 nitrogen and oxygen atoms in total. The summed E-state index contributed by atoms with van der Waals surface area (Å²) in [6, 6.07) is 10.5. The number of aromatic nitrogens is 4. The van der Waals surface area contributed by atoms with Crippen molar-refractivity contribution < 1.29 is 32.6 Å². The summed E-state index contributed by atoms with van der Waals surface area (Å²) in [4.78, 5) is 32.6. The van der Waals surface area contributed by atoms with Gasteiger partial charge in [-0.05, 0) is 54.3 Å². The molecule has 4 aromatic rings. The number of carbonyl (C=O) groups excluding carboxylic acids is 1. The van der Waals surface area contributed by atoms with Gasteiger partial charge in [-0.15, -0.1) is 18.3 Å². The third kappa shape index (κ3) is 5.77. The zero-order valence-corrected chi connectivity index (χ0v) is 19.0. The Morgan fingerprint density at radius 2 is 1.95 bits per heavy atom. The number of amides is 2. The van der Waals surface area contributed by atoms with Crippen LogP contribution in [0.5, 0.6) is 5.75 Å². The van der Waals surface area contributed by atoms with Crippen LogP contribution in [0.15, 0.2) is 54.9 Å². The van der Waals surface area contributed by atoms with Crippen LogP contribution < -0.4 is 15.4 Å². The minimum atomic E-state index is -4.81. The molecule has 3 heterocycles. The Hall–Kier alpha value is -4.68. The predicted molar refractivity (Wildman–Crippen MR) is 124 cm³/mol. The SMILES string of the molecule is O=C(O)Nc1nc2cc(-c3cnc(C4CC4)c(C(=O)NCc4cccc(OC(F)(F)F)c4)c3)ccn2n1. The molecule has 1 aliphatic carbocycles. The smallest absolute Gasteiger partial charge is 0.465 e. The van der Waals surface area contributed by atoms with E-state index in [2.05, 4.69) is 30.4 Å². The van der Waals surface area contributed by atoms with Crippen molar-refractivity contribution in [1.82, 2.24) is 24.9 Å². The predicted octanol–water partition coefficient (Wildman–Crippen LogP) is 4.59. The van der Waals surface area contributed by atoms with Crippen LogP contribution in [0.4, 0.5) is 23.9 Å². The van der Waals surface area contributed by atoms with Gasteiger partial charge < -0.3 is 15.2 Å². The molecule has 0 atom stereocenters. The number of rotatable bonds is 7. The number of benzene rings is 1. The van der Waals surface area contributed by atoms with Gasteiger partial charge in [0.15, 0.2) is 5.65 Å². The number of pyridine rings is 2. The summed E-state index contributed by atoms with van der Waals surface area (Å²) in [6.45, 7) is -0.00666. The Morgan fingerprint density at radius 1 is 1.14 bits per heavy atom. The highest BCUT2D eigenvalue weighted by Crippen LogP contribution is 2.41. The molecule has 0 radical (unpaired) electrons. The summed E-state index contributed by atoms with van der Waals surface area (Å²) in [5.74, 6) is -0.680. The van der Waals surface area contributed by atoms with Crippen molar-refractivity contribution in [2.45, 2.75) is 31.7 Å². The number of carboxylic acid groups (broad SMARTS) is 1. The molecule has 0 unspecified atom stereocenters. The van der Waals surface area contributed by atoms with Crippen molar-refractivity contribution in [2.24, 2.45) is 0 Å². The Labute approximate surface area is 207 Å². The van der Waals surface area contributed by atoms with Gasteiger partial charge in [0.05, 0.1) is 11.3 Å². The Balaban J connectivity index is 1.38. The van der Waals surface area contributed by atoms with E-state index >= 15 is 0 Å². The van der Waals surface area contributed by atoms with Gasteiger partial charge in [0.1, 0.15) is 5.75 Å². The second-order valence-corrected chi connectivity index (χ2v) is 8.39. The molecule has 1 fully saturated rings. The summed E-state index contributed by atoms with van der Waals surface area (Å²) in [7, 11) is 0. The Morgan fingerprint density at radius 3 is 2.68 bits per heavy atom. The topological polar surface area (TPSA) is 131 Å². The molecule has 0 spiro atoms.